The van der Waals surface area contributed by atoms with E-state index in [4.69, 9.17) is 9.26 Å². The zero-order chi connectivity index (χ0) is 18.6. The van der Waals surface area contributed by atoms with Crippen LogP contribution in [0.1, 0.15) is 11.5 Å². The van der Waals surface area contributed by atoms with E-state index in [0.29, 0.717) is 28.4 Å². The molecule has 0 aliphatic carbocycles. The predicted octanol–water partition coefficient (Wildman–Crippen LogP) is 4.13. The molecule has 1 N–H and O–H groups in total. The summed E-state index contributed by atoms with van der Waals surface area (Å²) in [6.45, 7) is 2.02. The first-order valence-electron chi connectivity index (χ1n) is 8.31. The number of aromatic amines is 1. The average molecular weight is 379 g/mol. The van der Waals surface area contributed by atoms with Crippen LogP contribution in [0.3, 0.4) is 0 Å². The second-order valence-corrected chi connectivity index (χ2v) is 6.75. The SMILES string of the molecule is COc1ccc(-c2nc(SCc3nc(-c4ccccc4C)no3)n[nH]2)cc1. The van der Waals surface area contributed by atoms with Crippen molar-refractivity contribution in [3.8, 4) is 28.5 Å². The average Bonchev–Trinajstić information content (AvgIpc) is 3.36. The quantitative estimate of drug-likeness (QED) is 0.504. The standard InChI is InChI=1S/C19H17N5O2S/c1-12-5-3-4-6-15(12)18-20-16(26-24-18)11-27-19-21-17(22-23-19)13-7-9-14(25-2)10-8-13/h3-10H,11H2,1-2H3,(H,21,22,23). The van der Waals surface area contributed by atoms with E-state index >= 15 is 0 Å². The van der Waals surface area contributed by atoms with E-state index in [9.17, 15) is 0 Å². The Morgan fingerprint density at radius 1 is 1.07 bits per heavy atom. The van der Waals surface area contributed by atoms with E-state index < -0.39 is 0 Å². The van der Waals surface area contributed by atoms with Crippen molar-refractivity contribution in [1.29, 1.82) is 0 Å². The van der Waals surface area contributed by atoms with Crippen LogP contribution < -0.4 is 4.74 Å². The number of ether oxygens (including phenoxy) is 1. The molecule has 0 bridgehead atoms. The molecule has 0 aliphatic rings. The fraction of sp³-hybridized carbons (Fsp3) is 0.158. The van der Waals surface area contributed by atoms with E-state index in [2.05, 4.69) is 25.3 Å². The van der Waals surface area contributed by atoms with Gasteiger partial charge in [0.1, 0.15) is 5.75 Å². The maximum Gasteiger partial charge on any atom is 0.237 e. The van der Waals surface area contributed by atoms with E-state index in [1.165, 1.54) is 11.8 Å². The maximum absolute atomic E-state index is 5.35. The first-order chi connectivity index (χ1) is 13.2. The Bertz CT molecular complexity index is 1040. The molecule has 136 valence electrons. The number of H-pyrrole nitrogens is 1. The Morgan fingerprint density at radius 3 is 2.67 bits per heavy atom. The summed E-state index contributed by atoms with van der Waals surface area (Å²) in [5.41, 5.74) is 3.02. The van der Waals surface area contributed by atoms with E-state index in [1.54, 1.807) is 7.11 Å². The molecule has 0 fully saturated rings. The van der Waals surface area contributed by atoms with E-state index in [1.807, 2.05) is 55.5 Å². The molecule has 4 aromatic rings. The van der Waals surface area contributed by atoms with Gasteiger partial charge in [-0.15, -0.1) is 5.10 Å². The molecule has 0 aliphatic heterocycles. The van der Waals surface area contributed by atoms with Gasteiger partial charge in [0.2, 0.25) is 16.9 Å². The number of hydrogen-bond acceptors (Lipinski definition) is 7. The van der Waals surface area contributed by atoms with Crippen LogP contribution in [0.5, 0.6) is 5.75 Å². The maximum atomic E-state index is 5.35. The molecule has 2 aromatic heterocycles. The lowest BCUT2D eigenvalue weighted by Gasteiger charge is -1.99. The van der Waals surface area contributed by atoms with Gasteiger partial charge < -0.3 is 9.26 Å². The number of benzene rings is 2. The second kappa shape index (κ2) is 7.63. The van der Waals surface area contributed by atoms with Gasteiger partial charge in [-0.2, -0.15) is 4.98 Å². The summed E-state index contributed by atoms with van der Waals surface area (Å²) < 4.78 is 10.5. The van der Waals surface area contributed by atoms with Crippen molar-refractivity contribution in [1.82, 2.24) is 25.3 Å². The third kappa shape index (κ3) is 3.85. The lowest BCUT2D eigenvalue weighted by Crippen LogP contribution is -1.86. The number of thioether (sulfide) groups is 1. The number of aromatic nitrogens is 5. The van der Waals surface area contributed by atoms with Crippen LogP contribution in [-0.2, 0) is 5.75 Å². The zero-order valence-corrected chi connectivity index (χ0v) is 15.7. The molecule has 27 heavy (non-hydrogen) atoms. The first-order valence-corrected chi connectivity index (χ1v) is 9.29. The number of aryl methyl sites for hydroxylation is 1. The van der Waals surface area contributed by atoms with Crippen molar-refractivity contribution in [2.45, 2.75) is 17.8 Å². The first kappa shape index (κ1) is 17.3. The Hall–Kier alpha value is -3.13. The fourth-order valence-electron chi connectivity index (χ4n) is 2.56. The molecule has 2 heterocycles. The highest BCUT2D eigenvalue weighted by Gasteiger charge is 2.12. The highest BCUT2D eigenvalue weighted by atomic mass is 32.2. The molecular formula is C19H17N5O2S. The van der Waals surface area contributed by atoms with Crippen LogP contribution in [0.15, 0.2) is 58.2 Å². The van der Waals surface area contributed by atoms with Crippen molar-refractivity contribution in [2.75, 3.05) is 7.11 Å². The van der Waals surface area contributed by atoms with E-state index in [0.717, 1.165) is 22.4 Å². The van der Waals surface area contributed by atoms with Gasteiger partial charge in [-0.1, -0.05) is 41.2 Å². The Labute approximate surface area is 160 Å². The lowest BCUT2D eigenvalue weighted by atomic mass is 10.1. The molecule has 0 radical (unpaired) electrons. The number of hydrogen-bond donors (Lipinski definition) is 1. The summed E-state index contributed by atoms with van der Waals surface area (Å²) >= 11 is 1.43. The molecule has 0 amide bonds. The summed E-state index contributed by atoms with van der Waals surface area (Å²) in [6.07, 6.45) is 0. The number of nitrogens with one attached hydrogen (secondary N) is 1. The van der Waals surface area contributed by atoms with Crippen molar-refractivity contribution >= 4 is 11.8 Å². The van der Waals surface area contributed by atoms with Gasteiger partial charge in [0.05, 0.1) is 12.9 Å². The van der Waals surface area contributed by atoms with Gasteiger partial charge in [0, 0.05) is 11.1 Å². The monoisotopic (exact) mass is 379 g/mol. The molecule has 0 atom stereocenters. The molecule has 8 heteroatoms. The highest BCUT2D eigenvalue weighted by molar-refractivity contribution is 7.98. The van der Waals surface area contributed by atoms with Crippen LogP contribution in [0.2, 0.25) is 0 Å². The third-order valence-corrected chi connectivity index (χ3v) is 4.84. The predicted molar refractivity (Wildman–Crippen MR) is 102 cm³/mol. The van der Waals surface area contributed by atoms with Crippen molar-refractivity contribution in [3.05, 3.63) is 60.0 Å². The van der Waals surface area contributed by atoms with Gasteiger partial charge in [0.25, 0.3) is 0 Å². The van der Waals surface area contributed by atoms with Crippen LogP contribution >= 0.6 is 11.8 Å². The van der Waals surface area contributed by atoms with Crippen LogP contribution in [-0.4, -0.2) is 32.4 Å². The molecule has 4 rings (SSSR count). The molecule has 0 spiro atoms. The van der Waals surface area contributed by atoms with Gasteiger partial charge in [0.15, 0.2) is 5.82 Å². The van der Waals surface area contributed by atoms with Gasteiger partial charge in [-0.05, 0) is 36.8 Å². The lowest BCUT2D eigenvalue weighted by molar-refractivity contribution is 0.391. The summed E-state index contributed by atoms with van der Waals surface area (Å²) in [7, 11) is 1.64. The Morgan fingerprint density at radius 2 is 1.89 bits per heavy atom. The Balaban J connectivity index is 1.42. The third-order valence-electron chi connectivity index (χ3n) is 4.01. The van der Waals surface area contributed by atoms with E-state index in [-0.39, 0.29) is 0 Å². The van der Waals surface area contributed by atoms with Crippen LogP contribution in [0.4, 0.5) is 0 Å². The van der Waals surface area contributed by atoms with Crippen molar-refractivity contribution < 1.29 is 9.26 Å². The minimum Gasteiger partial charge on any atom is -0.497 e. The van der Waals surface area contributed by atoms with Crippen LogP contribution in [0.25, 0.3) is 22.8 Å². The summed E-state index contributed by atoms with van der Waals surface area (Å²) in [5.74, 6) is 3.13. The fourth-order valence-corrected chi connectivity index (χ4v) is 3.20. The minimum atomic E-state index is 0.499. The van der Waals surface area contributed by atoms with Gasteiger partial charge >= 0.3 is 0 Å². The summed E-state index contributed by atoms with van der Waals surface area (Å²) in [6, 6.07) is 15.6. The molecule has 0 unspecified atom stereocenters. The number of rotatable bonds is 6. The normalized spacial score (nSPS) is 10.9. The molecule has 0 saturated carbocycles. The molecule has 2 aromatic carbocycles. The molecule has 0 saturated heterocycles. The zero-order valence-electron chi connectivity index (χ0n) is 14.8. The van der Waals surface area contributed by atoms with Gasteiger partial charge in [-0.25, -0.2) is 4.98 Å². The summed E-state index contributed by atoms with van der Waals surface area (Å²) in [5, 5.41) is 11.9. The summed E-state index contributed by atoms with van der Waals surface area (Å²) in [4.78, 5) is 8.96. The molecular weight excluding hydrogens is 362 g/mol. The van der Waals surface area contributed by atoms with Crippen LogP contribution in [0, 0.1) is 6.92 Å². The topological polar surface area (TPSA) is 89.7 Å². The smallest absolute Gasteiger partial charge is 0.237 e. The molecule has 7 nitrogen and oxygen atoms in total. The Kier molecular flexibility index (Phi) is 4.88. The largest absolute Gasteiger partial charge is 0.497 e. The minimum absolute atomic E-state index is 0.499. The van der Waals surface area contributed by atoms with Gasteiger partial charge in [-0.3, -0.25) is 5.10 Å². The highest BCUT2D eigenvalue weighted by Crippen LogP contribution is 2.25. The number of methoxy groups -OCH3 is 1. The van der Waals surface area contributed by atoms with Crippen molar-refractivity contribution in [3.63, 3.8) is 0 Å². The number of nitrogens with zero attached hydrogens (tertiary/aromatic N) is 4. The van der Waals surface area contributed by atoms with Crippen molar-refractivity contribution in [2.24, 2.45) is 0 Å². The second-order valence-electron chi connectivity index (χ2n) is 5.81.